The Labute approximate surface area is 114 Å². The van der Waals surface area contributed by atoms with Crippen molar-refractivity contribution in [3.8, 4) is 0 Å². The van der Waals surface area contributed by atoms with Gasteiger partial charge in [-0.3, -0.25) is 4.79 Å². The molecule has 0 saturated heterocycles. The highest BCUT2D eigenvalue weighted by Crippen LogP contribution is 2.20. The van der Waals surface area contributed by atoms with Gasteiger partial charge in [-0.25, -0.2) is 0 Å². The summed E-state index contributed by atoms with van der Waals surface area (Å²) in [5.74, 6) is -0.383. The second kappa shape index (κ2) is 7.26. The second-order valence-electron chi connectivity index (χ2n) is 5.02. The van der Waals surface area contributed by atoms with Gasteiger partial charge in [0, 0.05) is 18.7 Å². The average Bonchev–Trinajstić information content (AvgIpc) is 2.92. The first-order valence-electron chi connectivity index (χ1n) is 6.97. The first-order chi connectivity index (χ1) is 9.25. The lowest BCUT2D eigenvalue weighted by molar-refractivity contribution is 0.0602. The maximum atomic E-state index is 11.1. The molecule has 1 saturated carbocycles. The highest BCUT2D eigenvalue weighted by molar-refractivity contribution is 5.92. The number of carbonyl (C=O) groups is 1. The Morgan fingerprint density at radius 1 is 1.37 bits per heavy atom. The molecule has 3 N–H and O–H groups in total. The molecular formula is C15H22N2O2. The molecule has 1 aromatic carbocycles. The number of rotatable bonds is 7. The van der Waals surface area contributed by atoms with Crippen molar-refractivity contribution >= 4 is 5.91 Å². The Balaban J connectivity index is 1.64. The number of benzene rings is 1. The van der Waals surface area contributed by atoms with Crippen molar-refractivity contribution in [1.29, 1.82) is 0 Å². The van der Waals surface area contributed by atoms with E-state index in [9.17, 15) is 4.79 Å². The van der Waals surface area contributed by atoms with Gasteiger partial charge < -0.3 is 15.8 Å². The SMILES string of the molecule is NC(=O)c1cccc(CNCCOC2CCCC2)c1. The molecule has 1 fully saturated rings. The maximum absolute atomic E-state index is 11.1. The fourth-order valence-electron chi connectivity index (χ4n) is 2.42. The summed E-state index contributed by atoms with van der Waals surface area (Å²) in [6.07, 6.45) is 5.50. The number of carbonyl (C=O) groups excluding carboxylic acids is 1. The lowest BCUT2D eigenvalue weighted by Gasteiger charge is -2.11. The molecule has 0 unspecified atom stereocenters. The fourth-order valence-corrected chi connectivity index (χ4v) is 2.42. The minimum Gasteiger partial charge on any atom is -0.377 e. The van der Waals surface area contributed by atoms with Crippen molar-refractivity contribution in [3.05, 3.63) is 35.4 Å². The van der Waals surface area contributed by atoms with Crippen molar-refractivity contribution in [3.63, 3.8) is 0 Å². The van der Waals surface area contributed by atoms with Crippen LogP contribution in [-0.4, -0.2) is 25.2 Å². The quantitative estimate of drug-likeness (QED) is 0.737. The van der Waals surface area contributed by atoms with Gasteiger partial charge in [-0.05, 0) is 30.5 Å². The van der Waals surface area contributed by atoms with Crippen LogP contribution in [0.3, 0.4) is 0 Å². The summed E-state index contributed by atoms with van der Waals surface area (Å²) in [5, 5.41) is 3.31. The van der Waals surface area contributed by atoms with Gasteiger partial charge in [-0.1, -0.05) is 25.0 Å². The van der Waals surface area contributed by atoms with Crippen LogP contribution in [0.25, 0.3) is 0 Å². The largest absolute Gasteiger partial charge is 0.377 e. The smallest absolute Gasteiger partial charge is 0.248 e. The third-order valence-electron chi connectivity index (χ3n) is 3.48. The summed E-state index contributed by atoms with van der Waals surface area (Å²) >= 11 is 0. The molecule has 4 nitrogen and oxygen atoms in total. The van der Waals surface area contributed by atoms with Crippen LogP contribution >= 0.6 is 0 Å². The van der Waals surface area contributed by atoms with Crippen LogP contribution in [0.15, 0.2) is 24.3 Å². The maximum Gasteiger partial charge on any atom is 0.248 e. The molecule has 1 aliphatic rings. The van der Waals surface area contributed by atoms with Gasteiger partial charge in [0.1, 0.15) is 0 Å². The minimum atomic E-state index is -0.383. The van der Waals surface area contributed by atoms with Gasteiger partial charge in [-0.15, -0.1) is 0 Å². The number of hydrogen-bond acceptors (Lipinski definition) is 3. The third kappa shape index (κ3) is 4.65. The van der Waals surface area contributed by atoms with Crippen molar-refractivity contribution < 1.29 is 9.53 Å². The Hall–Kier alpha value is -1.39. The molecule has 19 heavy (non-hydrogen) atoms. The Bertz CT molecular complexity index is 414. The molecule has 1 amide bonds. The standard InChI is InChI=1S/C15H22N2O2/c16-15(18)13-5-3-4-12(10-13)11-17-8-9-19-14-6-1-2-7-14/h3-5,10,14,17H,1-2,6-9,11H2,(H2,16,18). The Morgan fingerprint density at radius 2 is 2.16 bits per heavy atom. The second-order valence-corrected chi connectivity index (χ2v) is 5.02. The average molecular weight is 262 g/mol. The zero-order valence-electron chi connectivity index (χ0n) is 11.2. The van der Waals surface area contributed by atoms with Crippen LogP contribution in [-0.2, 0) is 11.3 Å². The highest BCUT2D eigenvalue weighted by atomic mass is 16.5. The van der Waals surface area contributed by atoms with Gasteiger partial charge in [-0.2, -0.15) is 0 Å². The summed E-state index contributed by atoms with van der Waals surface area (Å²) in [6, 6.07) is 7.39. The van der Waals surface area contributed by atoms with Gasteiger partial charge in [0.15, 0.2) is 0 Å². The van der Waals surface area contributed by atoms with Crippen molar-refractivity contribution in [2.45, 2.75) is 38.3 Å². The van der Waals surface area contributed by atoms with Gasteiger partial charge in [0.05, 0.1) is 12.7 Å². The van der Waals surface area contributed by atoms with Crippen LogP contribution < -0.4 is 11.1 Å². The van der Waals surface area contributed by atoms with E-state index in [-0.39, 0.29) is 5.91 Å². The zero-order valence-corrected chi connectivity index (χ0v) is 11.2. The normalized spacial score (nSPS) is 15.8. The van der Waals surface area contributed by atoms with Crippen molar-refractivity contribution in [1.82, 2.24) is 5.32 Å². The number of hydrogen-bond donors (Lipinski definition) is 2. The highest BCUT2D eigenvalue weighted by Gasteiger charge is 2.14. The summed E-state index contributed by atoms with van der Waals surface area (Å²) in [7, 11) is 0. The van der Waals surface area contributed by atoms with Crippen LogP contribution in [0.5, 0.6) is 0 Å². The van der Waals surface area contributed by atoms with E-state index in [1.165, 1.54) is 25.7 Å². The van der Waals surface area contributed by atoms with Crippen molar-refractivity contribution in [2.24, 2.45) is 5.73 Å². The lowest BCUT2D eigenvalue weighted by Crippen LogP contribution is -2.22. The molecule has 0 radical (unpaired) electrons. The third-order valence-corrected chi connectivity index (χ3v) is 3.48. The van der Waals surface area contributed by atoms with E-state index < -0.39 is 0 Å². The van der Waals surface area contributed by atoms with E-state index in [1.807, 2.05) is 18.2 Å². The molecule has 1 aliphatic carbocycles. The minimum absolute atomic E-state index is 0.383. The molecule has 0 bridgehead atoms. The predicted octanol–water partition coefficient (Wildman–Crippen LogP) is 1.83. The monoisotopic (exact) mass is 262 g/mol. The summed E-state index contributed by atoms with van der Waals surface area (Å²) in [4.78, 5) is 11.1. The number of amides is 1. The number of nitrogens with two attached hydrogens (primary N) is 1. The molecule has 0 heterocycles. The van der Waals surface area contributed by atoms with Gasteiger partial charge in [0.25, 0.3) is 0 Å². The molecule has 0 spiro atoms. The summed E-state index contributed by atoms with van der Waals surface area (Å²) in [6.45, 7) is 2.31. The first kappa shape index (κ1) is 14.0. The summed E-state index contributed by atoms with van der Waals surface area (Å²) < 4.78 is 5.77. The first-order valence-corrected chi connectivity index (χ1v) is 6.97. The van der Waals surface area contributed by atoms with Crippen LogP contribution in [0.2, 0.25) is 0 Å². The number of ether oxygens (including phenoxy) is 1. The molecule has 4 heteroatoms. The fraction of sp³-hybridized carbons (Fsp3) is 0.533. The van der Waals surface area contributed by atoms with Crippen LogP contribution in [0.4, 0.5) is 0 Å². The van der Waals surface area contributed by atoms with E-state index in [4.69, 9.17) is 10.5 Å². The van der Waals surface area contributed by atoms with Crippen LogP contribution in [0, 0.1) is 0 Å². The van der Waals surface area contributed by atoms with E-state index in [0.29, 0.717) is 11.7 Å². The predicted molar refractivity (Wildman–Crippen MR) is 74.9 cm³/mol. The van der Waals surface area contributed by atoms with E-state index in [2.05, 4.69) is 5.32 Å². The molecule has 2 rings (SSSR count). The van der Waals surface area contributed by atoms with E-state index in [1.54, 1.807) is 6.07 Å². The molecule has 1 aromatic rings. The van der Waals surface area contributed by atoms with E-state index in [0.717, 1.165) is 25.3 Å². The molecule has 104 valence electrons. The van der Waals surface area contributed by atoms with Crippen LogP contribution in [0.1, 0.15) is 41.6 Å². The Kier molecular flexibility index (Phi) is 5.36. The zero-order chi connectivity index (χ0) is 13.5. The molecular weight excluding hydrogens is 240 g/mol. The molecule has 0 atom stereocenters. The number of nitrogens with one attached hydrogen (secondary N) is 1. The number of primary amides is 1. The van der Waals surface area contributed by atoms with Gasteiger partial charge >= 0.3 is 0 Å². The topological polar surface area (TPSA) is 64.4 Å². The van der Waals surface area contributed by atoms with E-state index >= 15 is 0 Å². The Morgan fingerprint density at radius 3 is 2.89 bits per heavy atom. The van der Waals surface area contributed by atoms with Crippen molar-refractivity contribution in [2.75, 3.05) is 13.2 Å². The molecule has 0 aromatic heterocycles. The molecule has 0 aliphatic heterocycles. The summed E-state index contributed by atoms with van der Waals surface area (Å²) in [5.41, 5.74) is 6.87. The van der Waals surface area contributed by atoms with Gasteiger partial charge in [0.2, 0.25) is 5.91 Å². The lowest BCUT2D eigenvalue weighted by atomic mass is 10.1.